The van der Waals surface area contributed by atoms with E-state index in [2.05, 4.69) is 24.4 Å². The number of nitrogens with one attached hydrogen (secondary N) is 1. The molecular formula is C20H25NO3S. The summed E-state index contributed by atoms with van der Waals surface area (Å²) in [5.74, 6) is 1.34. The van der Waals surface area contributed by atoms with E-state index in [0.29, 0.717) is 11.5 Å². The molecule has 2 aromatic rings. The molecule has 0 saturated carbocycles. The zero-order chi connectivity index (χ0) is 18.4. The van der Waals surface area contributed by atoms with Gasteiger partial charge in [0.25, 0.3) is 0 Å². The minimum Gasteiger partial charge on any atom is -0.493 e. The Labute approximate surface area is 153 Å². The molecule has 0 saturated heterocycles. The van der Waals surface area contributed by atoms with E-state index in [1.165, 1.54) is 5.56 Å². The second-order valence-electron chi connectivity index (χ2n) is 5.92. The fourth-order valence-electron chi connectivity index (χ4n) is 2.41. The van der Waals surface area contributed by atoms with Crippen molar-refractivity contribution in [1.29, 1.82) is 0 Å². The topological polar surface area (TPSA) is 47.6 Å². The minimum absolute atomic E-state index is 0.00728. The highest BCUT2D eigenvalue weighted by Gasteiger charge is 2.18. The molecule has 0 bridgehead atoms. The number of thioether (sulfide) groups is 1. The molecule has 1 N–H and O–H groups in total. The maximum Gasteiger partial charge on any atom is 0.233 e. The molecule has 0 aliphatic rings. The van der Waals surface area contributed by atoms with Crippen LogP contribution < -0.4 is 14.8 Å². The predicted octanol–water partition coefficient (Wildman–Crippen LogP) is 4.37. The summed E-state index contributed by atoms with van der Waals surface area (Å²) in [6, 6.07) is 13.8. The van der Waals surface area contributed by atoms with Crippen LogP contribution >= 0.6 is 11.8 Å². The Bertz CT molecular complexity index is 715. The van der Waals surface area contributed by atoms with E-state index >= 15 is 0 Å². The van der Waals surface area contributed by atoms with Crippen molar-refractivity contribution in [3.63, 3.8) is 0 Å². The zero-order valence-corrected chi connectivity index (χ0v) is 16.1. The van der Waals surface area contributed by atoms with Crippen LogP contribution in [0.5, 0.6) is 11.5 Å². The van der Waals surface area contributed by atoms with Gasteiger partial charge >= 0.3 is 0 Å². The number of benzene rings is 2. The lowest BCUT2D eigenvalue weighted by Crippen LogP contribution is -2.33. The molecule has 134 valence electrons. The van der Waals surface area contributed by atoms with Gasteiger partial charge < -0.3 is 14.8 Å². The van der Waals surface area contributed by atoms with E-state index in [9.17, 15) is 4.79 Å². The van der Waals surface area contributed by atoms with Crippen molar-refractivity contribution in [2.45, 2.75) is 37.0 Å². The molecular weight excluding hydrogens is 334 g/mol. The molecule has 25 heavy (non-hydrogen) atoms. The third-order valence-corrected chi connectivity index (χ3v) is 5.08. The highest BCUT2D eigenvalue weighted by molar-refractivity contribution is 8.00. The minimum atomic E-state index is -0.176. The average Bonchev–Trinajstić information content (AvgIpc) is 2.62. The predicted molar refractivity (Wildman–Crippen MR) is 103 cm³/mol. The van der Waals surface area contributed by atoms with Gasteiger partial charge in [0.15, 0.2) is 11.5 Å². The SMILES string of the molecule is COc1ccc([C@@H](C)NC(=O)[C@H](C)Sc2ccc(C)cc2)cc1OC. The number of amides is 1. The lowest BCUT2D eigenvalue weighted by Gasteiger charge is -2.19. The highest BCUT2D eigenvalue weighted by Crippen LogP contribution is 2.30. The lowest BCUT2D eigenvalue weighted by molar-refractivity contribution is -0.120. The lowest BCUT2D eigenvalue weighted by atomic mass is 10.1. The summed E-state index contributed by atoms with van der Waals surface area (Å²) in [6.45, 7) is 5.93. The van der Waals surface area contributed by atoms with Crippen molar-refractivity contribution in [2.24, 2.45) is 0 Å². The normalized spacial score (nSPS) is 13.0. The van der Waals surface area contributed by atoms with Gasteiger partial charge in [-0.1, -0.05) is 23.8 Å². The van der Waals surface area contributed by atoms with Crippen LogP contribution in [0.2, 0.25) is 0 Å². The van der Waals surface area contributed by atoms with Crippen LogP contribution in [0.4, 0.5) is 0 Å². The van der Waals surface area contributed by atoms with Crippen LogP contribution in [0.15, 0.2) is 47.4 Å². The van der Waals surface area contributed by atoms with E-state index in [0.717, 1.165) is 10.5 Å². The summed E-state index contributed by atoms with van der Waals surface area (Å²) < 4.78 is 10.6. The number of hydrogen-bond donors (Lipinski definition) is 1. The van der Waals surface area contributed by atoms with Gasteiger partial charge in [-0.05, 0) is 50.6 Å². The summed E-state index contributed by atoms with van der Waals surface area (Å²) in [5, 5.41) is 2.88. The molecule has 1 amide bonds. The first-order valence-electron chi connectivity index (χ1n) is 8.20. The summed E-state index contributed by atoms with van der Waals surface area (Å²) in [5.41, 5.74) is 2.18. The Hall–Kier alpha value is -2.14. The monoisotopic (exact) mass is 359 g/mol. The van der Waals surface area contributed by atoms with Gasteiger partial charge in [0, 0.05) is 4.90 Å². The van der Waals surface area contributed by atoms with Crippen molar-refractivity contribution in [3.05, 3.63) is 53.6 Å². The quantitative estimate of drug-likeness (QED) is 0.746. The van der Waals surface area contributed by atoms with Gasteiger partial charge in [0.05, 0.1) is 25.5 Å². The third-order valence-electron chi connectivity index (χ3n) is 3.97. The first kappa shape index (κ1) is 19.2. The fraction of sp³-hybridized carbons (Fsp3) is 0.350. The van der Waals surface area contributed by atoms with E-state index in [1.54, 1.807) is 26.0 Å². The average molecular weight is 359 g/mol. The maximum atomic E-state index is 12.5. The van der Waals surface area contributed by atoms with Crippen LogP contribution in [0, 0.1) is 6.92 Å². The molecule has 2 aromatic carbocycles. The Morgan fingerprint density at radius 2 is 1.64 bits per heavy atom. The van der Waals surface area contributed by atoms with Crippen molar-refractivity contribution < 1.29 is 14.3 Å². The van der Waals surface area contributed by atoms with Gasteiger partial charge in [0.1, 0.15) is 0 Å². The van der Waals surface area contributed by atoms with E-state index in [-0.39, 0.29) is 17.2 Å². The van der Waals surface area contributed by atoms with Crippen molar-refractivity contribution >= 4 is 17.7 Å². The van der Waals surface area contributed by atoms with E-state index in [4.69, 9.17) is 9.47 Å². The molecule has 2 rings (SSSR count). The van der Waals surface area contributed by atoms with Gasteiger partial charge in [-0.15, -0.1) is 11.8 Å². The first-order valence-corrected chi connectivity index (χ1v) is 9.08. The number of hydrogen-bond acceptors (Lipinski definition) is 4. The molecule has 0 aliphatic carbocycles. The Morgan fingerprint density at radius 3 is 2.24 bits per heavy atom. The van der Waals surface area contributed by atoms with Gasteiger partial charge in [-0.3, -0.25) is 4.79 Å². The van der Waals surface area contributed by atoms with Crippen LogP contribution in [0.1, 0.15) is 31.0 Å². The number of aryl methyl sites for hydroxylation is 1. The Morgan fingerprint density at radius 1 is 1.00 bits per heavy atom. The Balaban J connectivity index is 2.00. The maximum absolute atomic E-state index is 12.5. The molecule has 4 nitrogen and oxygen atoms in total. The smallest absolute Gasteiger partial charge is 0.233 e. The second kappa shape index (κ2) is 8.81. The summed E-state index contributed by atoms with van der Waals surface area (Å²) in [7, 11) is 3.21. The van der Waals surface area contributed by atoms with E-state index < -0.39 is 0 Å². The van der Waals surface area contributed by atoms with Gasteiger partial charge in [-0.2, -0.15) is 0 Å². The second-order valence-corrected chi connectivity index (χ2v) is 7.33. The van der Waals surface area contributed by atoms with E-state index in [1.807, 2.05) is 44.2 Å². The van der Waals surface area contributed by atoms with Gasteiger partial charge in [-0.25, -0.2) is 0 Å². The molecule has 0 fully saturated rings. The largest absolute Gasteiger partial charge is 0.493 e. The van der Waals surface area contributed by atoms with Crippen LogP contribution in [-0.4, -0.2) is 25.4 Å². The van der Waals surface area contributed by atoms with Crippen molar-refractivity contribution in [3.8, 4) is 11.5 Å². The van der Waals surface area contributed by atoms with Crippen LogP contribution in [0.3, 0.4) is 0 Å². The first-order chi connectivity index (χ1) is 11.9. The number of carbonyl (C=O) groups excluding carboxylic acids is 1. The zero-order valence-electron chi connectivity index (χ0n) is 15.3. The third kappa shape index (κ3) is 5.16. The molecule has 5 heteroatoms. The van der Waals surface area contributed by atoms with Crippen molar-refractivity contribution in [1.82, 2.24) is 5.32 Å². The summed E-state index contributed by atoms with van der Waals surface area (Å²) in [6.07, 6.45) is 0. The number of rotatable bonds is 7. The highest BCUT2D eigenvalue weighted by atomic mass is 32.2. The molecule has 0 unspecified atom stereocenters. The molecule has 0 aromatic heterocycles. The van der Waals surface area contributed by atoms with Crippen LogP contribution in [0.25, 0.3) is 0 Å². The van der Waals surface area contributed by atoms with Gasteiger partial charge in [0.2, 0.25) is 5.91 Å². The van der Waals surface area contributed by atoms with Crippen molar-refractivity contribution in [2.75, 3.05) is 14.2 Å². The Kier molecular flexibility index (Phi) is 6.76. The molecule has 0 aliphatic heterocycles. The molecule has 0 radical (unpaired) electrons. The number of methoxy groups -OCH3 is 2. The fourth-order valence-corrected chi connectivity index (χ4v) is 3.29. The summed E-state index contributed by atoms with van der Waals surface area (Å²) >= 11 is 1.55. The molecule has 0 heterocycles. The number of carbonyl (C=O) groups is 1. The standard InChI is InChI=1S/C20H25NO3S/c1-13-6-9-17(10-7-13)25-15(3)20(22)21-14(2)16-8-11-18(23-4)19(12-16)24-5/h6-12,14-15H,1-5H3,(H,21,22)/t14-,15+/m1/s1. The number of ether oxygens (including phenoxy) is 2. The molecule has 0 spiro atoms. The molecule has 2 atom stereocenters. The summed E-state index contributed by atoms with van der Waals surface area (Å²) in [4.78, 5) is 13.6. The van der Waals surface area contributed by atoms with Crippen LogP contribution in [-0.2, 0) is 4.79 Å².